The Hall–Kier alpha value is -2.56. The predicted molar refractivity (Wildman–Crippen MR) is 82.6 cm³/mol. The minimum atomic E-state index is 0.595. The van der Waals surface area contributed by atoms with Crippen LogP contribution in [0.4, 0.5) is 17.1 Å². The van der Waals surface area contributed by atoms with E-state index in [1.54, 1.807) is 0 Å². The Labute approximate surface area is 122 Å². The molecule has 0 amide bonds. The summed E-state index contributed by atoms with van der Waals surface area (Å²) in [7, 11) is 0. The van der Waals surface area contributed by atoms with Crippen LogP contribution in [0.3, 0.4) is 0 Å². The molecule has 4 rings (SSSR count). The first-order valence-electron chi connectivity index (χ1n) is 7.21. The van der Waals surface area contributed by atoms with Gasteiger partial charge in [0, 0.05) is 12.2 Å². The highest BCUT2D eigenvalue weighted by atomic mass is 16.6. The van der Waals surface area contributed by atoms with Crippen LogP contribution in [-0.2, 0) is 6.42 Å². The molecule has 0 unspecified atom stereocenters. The summed E-state index contributed by atoms with van der Waals surface area (Å²) >= 11 is 0. The number of aromatic nitrogens is 2. The van der Waals surface area contributed by atoms with E-state index in [2.05, 4.69) is 39.5 Å². The molecule has 0 saturated carbocycles. The van der Waals surface area contributed by atoms with Crippen molar-refractivity contribution in [3.8, 4) is 0 Å². The second-order valence-corrected chi connectivity index (χ2v) is 5.37. The first kappa shape index (κ1) is 12.2. The predicted octanol–water partition coefficient (Wildman–Crippen LogP) is 3.28. The number of benzene rings is 2. The van der Waals surface area contributed by atoms with E-state index < -0.39 is 0 Å². The lowest BCUT2D eigenvalue weighted by molar-refractivity contribution is 0.315. The third-order valence-electron chi connectivity index (χ3n) is 4.08. The van der Waals surface area contributed by atoms with E-state index in [4.69, 9.17) is 10.4 Å². The van der Waals surface area contributed by atoms with Gasteiger partial charge in [-0.2, -0.15) is 0 Å². The molecule has 2 heterocycles. The average molecular weight is 280 g/mol. The number of rotatable bonds is 1. The molecular formula is C16H16N4O. The van der Waals surface area contributed by atoms with Gasteiger partial charge in [0.1, 0.15) is 0 Å². The van der Waals surface area contributed by atoms with Gasteiger partial charge in [-0.15, -0.1) is 0 Å². The van der Waals surface area contributed by atoms with Gasteiger partial charge in [0.25, 0.3) is 0 Å². The molecule has 0 spiro atoms. The number of hydrogen-bond acceptors (Lipinski definition) is 5. The van der Waals surface area contributed by atoms with Gasteiger partial charge in [-0.3, -0.25) is 0 Å². The maximum Gasteiger partial charge on any atom is 0.160 e. The largest absolute Gasteiger partial charge is 0.397 e. The van der Waals surface area contributed by atoms with Crippen LogP contribution >= 0.6 is 0 Å². The summed E-state index contributed by atoms with van der Waals surface area (Å²) in [6, 6.07) is 12.4. The molecule has 3 aromatic rings. The molecule has 5 nitrogen and oxygen atoms in total. The Bertz CT molecular complexity index is 796. The number of para-hydroxylation sites is 1. The number of fused-ring (bicyclic) bond motifs is 2. The second-order valence-electron chi connectivity index (χ2n) is 5.37. The molecule has 0 atom stereocenters. The standard InChI is InChI=1S/C16H16N4O/c17-12-8-9-14(16-15(12)18-21-19-16)20-10-4-3-6-11-5-1-2-7-13(11)20/h1-2,5,7-9H,3-4,6,10,17H2. The van der Waals surface area contributed by atoms with E-state index >= 15 is 0 Å². The Morgan fingerprint density at radius 2 is 1.81 bits per heavy atom. The summed E-state index contributed by atoms with van der Waals surface area (Å²) in [5.74, 6) is 0. The molecule has 1 aliphatic rings. The normalized spacial score (nSPS) is 15.0. The van der Waals surface area contributed by atoms with Crippen molar-refractivity contribution in [2.24, 2.45) is 0 Å². The van der Waals surface area contributed by atoms with Crippen molar-refractivity contribution in [1.82, 2.24) is 10.3 Å². The topological polar surface area (TPSA) is 68.2 Å². The van der Waals surface area contributed by atoms with E-state index in [9.17, 15) is 0 Å². The highest BCUT2D eigenvalue weighted by molar-refractivity contribution is 5.97. The third kappa shape index (κ3) is 1.93. The zero-order valence-electron chi connectivity index (χ0n) is 11.6. The molecule has 1 aliphatic heterocycles. The summed E-state index contributed by atoms with van der Waals surface area (Å²) in [5, 5.41) is 7.97. The van der Waals surface area contributed by atoms with Crippen molar-refractivity contribution in [1.29, 1.82) is 0 Å². The molecule has 5 heteroatoms. The zero-order valence-corrected chi connectivity index (χ0v) is 11.6. The number of aryl methyl sites for hydroxylation is 1. The highest BCUT2D eigenvalue weighted by Crippen LogP contribution is 2.36. The van der Waals surface area contributed by atoms with Crippen LogP contribution in [0.5, 0.6) is 0 Å². The number of nitrogens with zero attached hydrogens (tertiary/aromatic N) is 3. The van der Waals surface area contributed by atoms with Crippen LogP contribution in [0.1, 0.15) is 18.4 Å². The minimum Gasteiger partial charge on any atom is -0.397 e. The van der Waals surface area contributed by atoms with E-state index in [-0.39, 0.29) is 0 Å². The summed E-state index contributed by atoms with van der Waals surface area (Å²) in [4.78, 5) is 2.30. The quantitative estimate of drug-likeness (QED) is 0.693. The third-order valence-corrected chi connectivity index (χ3v) is 4.08. The molecule has 106 valence electrons. The maximum atomic E-state index is 5.94. The Morgan fingerprint density at radius 1 is 0.952 bits per heavy atom. The molecule has 21 heavy (non-hydrogen) atoms. The molecule has 0 aliphatic carbocycles. The van der Waals surface area contributed by atoms with Gasteiger partial charge in [-0.1, -0.05) is 18.2 Å². The van der Waals surface area contributed by atoms with Gasteiger partial charge in [-0.05, 0) is 53.3 Å². The fourth-order valence-corrected chi connectivity index (χ4v) is 3.03. The molecule has 2 aromatic carbocycles. The van der Waals surface area contributed by atoms with Gasteiger partial charge < -0.3 is 10.6 Å². The molecule has 0 radical (unpaired) electrons. The number of nitrogens with two attached hydrogens (primary N) is 1. The van der Waals surface area contributed by atoms with Gasteiger partial charge in [0.2, 0.25) is 0 Å². The smallest absolute Gasteiger partial charge is 0.160 e. The van der Waals surface area contributed by atoms with Crippen molar-refractivity contribution >= 4 is 28.1 Å². The molecule has 2 N–H and O–H groups in total. The monoisotopic (exact) mass is 280 g/mol. The van der Waals surface area contributed by atoms with Crippen molar-refractivity contribution < 1.29 is 4.63 Å². The Kier molecular flexibility index (Phi) is 2.77. The van der Waals surface area contributed by atoms with Gasteiger partial charge in [0.05, 0.1) is 11.4 Å². The lowest BCUT2D eigenvalue weighted by Crippen LogP contribution is -2.18. The van der Waals surface area contributed by atoms with E-state index in [1.165, 1.54) is 17.7 Å². The van der Waals surface area contributed by atoms with Crippen molar-refractivity contribution in [2.75, 3.05) is 17.2 Å². The van der Waals surface area contributed by atoms with Crippen LogP contribution in [0.2, 0.25) is 0 Å². The van der Waals surface area contributed by atoms with Gasteiger partial charge >= 0.3 is 0 Å². The second kappa shape index (κ2) is 4.77. The number of hydrogen-bond donors (Lipinski definition) is 1. The molecule has 0 fully saturated rings. The highest BCUT2D eigenvalue weighted by Gasteiger charge is 2.20. The Morgan fingerprint density at radius 3 is 2.76 bits per heavy atom. The van der Waals surface area contributed by atoms with Crippen LogP contribution in [0.25, 0.3) is 11.0 Å². The summed E-state index contributed by atoms with van der Waals surface area (Å²) in [6.07, 6.45) is 3.45. The zero-order chi connectivity index (χ0) is 14.2. The molecule has 0 saturated heterocycles. The van der Waals surface area contributed by atoms with E-state index in [0.29, 0.717) is 11.2 Å². The van der Waals surface area contributed by atoms with Gasteiger partial charge in [0.15, 0.2) is 11.0 Å². The number of nitrogen functional groups attached to an aromatic ring is 1. The molecule has 1 aromatic heterocycles. The van der Waals surface area contributed by atoms with Crippen LogP contribution in [0.15, 0.2) is 41.0 Å². The van der Waals surface area contributed by atoms with E-state index in [0.717, 1.165) is 30.6 Å². The molecule has 0 bridgehead atoms. The van der Waals surface area contributed by atoms with Crippen LogP contribution < -0.4 is 10.6 Å². The molecular weight excluding hydrogens is 264 g/mol. The van der Waals surface area contributed by atoms with Crippen LogP contribution in [0, 0.1) is 0 Å². The van der Waals surface area contributed by atoms with Crippen molar-refractivity contribution in [3.05, 3.63) is 42.0 Å². The fourth-order valence-electron chi connectivity index (χ4n) is 3.03. The summed E-state index contributed by atoms with van der Waals surface area (Å²) in [6.45, 7) is 0.961. The van der Waals surface area contributed by atoms with Gasteiger partial charge in [-0.25, -0.2) is 4.63 Å². The van der Waals surface area contributed by atoms with Crippen LogP contribution in [-0.4, -0.2) is 16.9 Å². The summed E-state index contributed by atoms with van der Waals surface area (Å²) in [5.41, 5.74) is 11.5. The van der Waals surface area contributed by atoms with E-state index in [1.807, 2.05) is 12.1 Å². The lowest BCUT2D eigenvalue weighted by atomic mass is 10.1. The minimum absolute atomic E-state index is 0.595. The van der Waals surface area contributed by atoms with Crippen molar-refractivity contribution in [3.63, 3.8) is 0 Å². The first-order chi connectivity index (χ1) is 10.3. The lowest BCUT2D eigenvalue weighted by Gasteiger charge is -2.25. The van der Waals surface area contributed by atoms with Crippen molar-refractivity contribution in [2.45, 2.75) is 19.3 Å². The summed E-state index contributed by atoms with van der Waals surface area (Å²) < 4.78 is 4.89. The first-order valence-corrected chi connectivity index (χ1v) is 7.21. The SMILES string of the molecule is Nc1ccc(N2CCCCc3ccccc32)c2nonc12. The fraction of sp³-hybridized carbons (Fsp3) is 0.250. The maximum absolute atomic E-state index is 5.94. The number of anilines is 3. The Balaban J connectivity index is 1.92. The average Bonchev–Trinajstić information content (AvgIpc) is 2.91.